The summed E-state index contributed by atoms with van der Waals surface area (Å²) in [5.41, 5.74) is 0.213. The molecule has 0 amide bonds. The Hall–Kier alpha value is -4.66. The summed E-state index contributed by atoms with van der Waals surface area (Å²) in [5, 5.41) is 9.57. The van der Waals surface area contributed by atoms with Crippen LogP contribution in [0.4, 0.5) is 0 Å². The maximum absolute atomic E-state index is 12.9. The number of phenols is 1. The number of unbranched alkanes of at least 4 members (excludes halogenated alkanes) is 2. The molecule has 0 aliphatic carbocycles. The molecule has 0 aliphatic heterocycles. The second kappa shape index (κ2) is 18.7. The molecule has 0 atom stereocenters. The smallest absolute Gasteiger partial charge is 0.345 e. The molecule has 9 heteroatoms. The Morgan fingerprint density at radius 2 is 0.930 bits per heavy atom. The average Bonchev–Trinajstić information content (AvgIpc) is 3.02. The minimum absolute atomic E-state index is 0.0549. The topological polar surface area (TPSA) is 110 Å². The molecule has 0 aliphatic rings. The van der Waals surface area contributed by atoms with Gasteiger partial charge in [0, 0.05) is 0 Å². The van der Waals surface area contributed by atoms with Crippen LogP contribution in [0.25, 0.3) is 6.08 Å². The Bertz CT molecular complexity index is 1190. The molecule has 0 saturated heterocycles. The van der Waals surface area contributed by atoms with E-state index in [-0.39, 0.29) is 37.8 Å². The van der Waals surface area contributed by atoms with Crippen molar-refractivity contribution in [2.75, 3.05) is 39.6 Å². The fraction of sp³-hybridized carbons (Fsp3) is 0.353. The number of hydrogen-bond donors (Lipinski definition) is 1. The predicted octanol–water partition coefficient (Wildman–Crippen LogP) is 6.38. The van der Waals surface area contributed by atoms with Crippen LogP contribution in [0.3, 0.4) is 0 Å². The molecule has 230 valence electrons. The maximum atomic E-state index is 12.9. The second-order valence-corrected chi connectivity index (χ2v) is 9.47. The van der Waals surface area contributed by atoms with E-state index in [9.17, 15) is 14.7 Å². The highest BCUT2D eigenvalue weighted by Crippen LogP contribution is 2.20. The molecule has 0 heterocycles. The van der Waals surface area contributed by atoms with Gasteiger partial charge in [-0.05, 0) is 85.1 Å². The van der Waals surface area contributed by atoms with E-state index in [0.717, 1.165) is 37.2 Å². The fourth-order valence-electron chi connectivity index (χ4n) is 3.61. The first-order valence-electron chi connectivity index (χ1n) is 14.5. The van der Waals surface area contributed by atoms with E-state index in [2.05, 4.69) is 13.8 Å². The number of carbonyl (C=O) groups excluding carboxylic acids is 2. The van der Waals surface area contributed by atoms with Gasteiger partial charge in [0.05, 0.1) is 13.2 Å². The van der Waals surface area contributed by atoms with Crippen LogP contribution in [-0.2, 0) is 19.1 Å². The summed E-state index contributed by atoms with van der Waals surface area (Å²) in [6, 6.07) is 20.4. The third-order valence-corrected chi connectivity index (χ3v) is 6.00. The summed E-state index contributed by atoms with van der Waals surface area (Å²) in [6.07, 6.45) is 5.43. The van der Waals surface area contributed by atoms with Gasteiger partial charge in [0.2, 0.25) is 0 Å². The average molecular weight is 593 g/mol. The van der Waals surface area contributed by atoms with E-state index >= 15 is 0 Å². The summed E-state index contributed by atoms with van der Waals surface area (Å²) in [6.45, 7) is 5.51. The van der Waals surface area contributed by atoms with Gasteiger partial charge in [-0.1, -0.05) is 38.8 Å². The minimum atomic E-state index is -0.860. The molecule has 0 fully saturated rings. The Labute approximate surface area is 252 Å². The quantitative estimate of drug-likeness (QED) is 0.0558. The maximum Gasteiger partial charge on any atom is 0.345 e. The molecule has 0 saturated carbocycles. The Morgan fingerprint density at radius 3 is 1.30 bits per heavy atom. The van der Waals surface area contributed by atoms with Gasteiger partial charge in [0.25, 0.3) is 0 Å². The van der Waals surface area contributed by atoms with Crippen LogP contribution in [-0.4, -0.2) is 56.7 Å². The van der Waals surface area contributed by atoms with Gasteiger partial charge in [-0.15, -0.1) is 0 Å². The number of carbonyl (C=O) groups is 2. The van der Waals surface area contributed by atoms with Crippen LogP contribution in [0.5, 0.6) is 28.7 Å². The molecular formula is C34H40O9. The zero-order valence-electron chi connectivity index (χ0n) is 24.8. The molecule has 3 aromatic rings. The fourth-order valence-corrected chi connectivity index (χ4v) is 3.61. The largest absolute Gasteiger partial charge is 0.508 e. The van der Waals surface area contributed by atoms with Gasteiger partial charge in [0.1, 0.15) is 60.7 Å². The van der Waals surface area contributed by atoms with E-state index < -0.39 is 11.9 Å². The summed E-state index contributed by atoms with van der Waals surface area (Å²) in [4.78, 5) is 25.7. The van der Waals surface area contributed by atoms with Crippen molar-refractivity contribution in [2.45, 2.75) is 39.5 Å². The molecular weight excluding hydrogens is 552 g/mol. The normalized spacial score (nSPS) is 10.4. The van der Waals surface area contributed by atoms with Crippen LogP contribution in [0, 0.1) is 0 Å². The van der Waals surface area contributed by atoms with E-state index in [1.807, 2.05) is 24.3 Å². The van der Waals surface area contributed by atoms with Crippen molar-refractivity contribution >= 4 is 18.0 Å². The number of rotatable bonds is 19. The van der Waals surface area contributed by atoms with Gasteiger partial charge >= 0.3 is 11.9 Å². The van der Waals surface area contributed by atoms with E-state index in [1.165, 1.54) is 18.2 Å². The van der Waals surface area contributed by atoms with Gasteiger partial charge in [0.15, 0.2) is 0 Å². The van der Waals surface area contributed by atoms with Crippen molar-refractivity contribution in [3.63, 3.8) is 0 Å². The van der Waals surface area contributed by atoms with E-state index in [4.69, 9.17) is 28.4 Å². The van der Waals surface area contributed by atoms with Crippen LogP contribution in [0.1, 0.15) is 45.1 Å². The first-order chi connectivity index (χ1) is 21.0. The van der Waals surface area contributed by atoms with Crippen LogP contribution in [0.15, 0.2) is 78.4 Å². The van der Waals surface area contributed by atoms with Crippen molar-refractivity contribution in [3.8, 4) is 28.7 Å². The highest BCUT2D eigenvalue weighted by molar-refractivity contribution is 6.17. The second-order valence-electron chi connectivity index (χ2n) is 9.47. The van der Waals surface area contributed by atoms with Crippen molar-refractivity contribution < 1.29 is 43.1 Å². The molecule has 3 rings (SSSR count). The molecule has 1 N–H and O–H groups in total. The lowest BCUT2D eigenvalue weighted by Gasteiger charge is -2.11. The molecule has 43 heavy (non-hydrogen) atoms. The Balaban J connectivity index is 1.49. The van der Waals surface area contributed by atoms with Gasteiger partial charge in [-0.25, -0.2) is 9.59 Å². The lowest BCUT2D eigenvalue weighted by molar-refractivity contribution is -0.147. The van der Waals surface area contributed by atoms with Gasteiger partial charge in [-0.3, -0.25) is 0 Å². The Morgan fingerprint density at radius 1 is 0.558 bits per heavy atom. The first-order valence-corrected chi connectivity index (χ1v) is 14.5. The highest BCUT2D eigenvalue weighted by atomic mass is 16.6. The van der Waals surface area contributed by atoms with E-state index in [0.29, 0.717) is 30.3 Å². The van der Waals surface area contributed by atoms with Gasteiger partial charge < -0.3 is 33.5 Å². The molecule has 0 aromatic heterocycles. The number of benzene rings is 3. The van der Waals surface area contributed by atoms with E-state index in [1.54, 1.807) is 36.4 Å². The first kappa shape index (κ1) is 32.8. The molecule has 0 spiro atoms. The van der Waals surface area contributed by atoms with Crippen molar-refractivity contribution in [1.82, 2.24) is 0 Å². The molecule has 0 radical (unpaired) electrons. The molecule has 0 unspecified atom stereocenters. The number of hydrogen-bond acceptors (Lipinski definition) is 9. The van der Waals surface area contributed by atoms with Crippen molar-refractivity contribution in [3.05, 3.63) is 83.9 Å². The number of phenolic OH excluding ortho intramolecular Hbond substituents is 1. The summed E-state index contributed by atoms with van der Waals surface area (Å²) in [5.74, 6) is 1.03. The van der Waals surface area contributed by atoms with Crippen LogP contribution >= 0.6 is 0 Å². The standard InChI is InChI=1S/C34H40O9/c1-3-5-19-38-28-11-15-30(16-12-28)40-21-23-42-33(36)32(25-26-7-9-27(35)10-8-26)34(37)43-24-22-41-31-17-13-29(14-18-31)39-20-6-4-2/h7-18,25,35H,3-6,19-24H2,1-2H3. The number of ether oxygens (including phenoxy) is 6. The zero-order chi connectivity index (χ0) is 30.7. The van der Waals surface area contributed by atoms with Crippen molar-refractivity contribution in [1.29, 1.82) is 0 Å². The van der Waals surface area contributed by atoms with Crippen LogP contribution in [0.2, 0.25) is 0 Å². The lowest BCUT2D eigenvalue weighted by atomic mass is 10.1. The third kappa shape index (κ3) is 12.4. The zero-order valence-corrected chi connectivity index (χ0v) is 24.8. The van der Waals surface area contributed by atoms with Crippen molar-refractivity contribution in [2.24, 2.45) is 0 Å². The Kier molecular flexibility index (Phi) is 14.3. The SMILES string of the molecule is CCCCOc1ccc(OCCOC(=O)C(=Cc2ccc(O)cc2)C(=O)OCCOc2ccc(OCCCC)cc2)cc1. The summed E-state index contributed by atoms with van der Waals surface area (Å²) in [7, 11) is 0. The summed E-state index contributed by atoms with van der Waals surface area (Å²) >= 11 is 0. The lowest BCUT2D eigenvalue weighted by Crippen LogP contribution is -2.22. The monoisotopic (exact) mass is 592 g/mol. The number of aromatic hydroxyl groups is 1. The van der Waals surface area contributed by atoms with Gasteiger partial charge in [-0.2, -0.15) is 0 Å². The number of esters is 2. The highest BCUT2D eigenvalue weighted by Gasteiger charge is 2.22. The van der Waals surface area contributed by atoms with Crippen LogP contribution < -0.4 is 18.9 Å². The molecule has 3 aromatic carbocycles. The molecule has 9 nitrogen and oxygen atoms in total. The third-order valence-electron chi connectivity index (χ3n) is 6.00. The minimum Gasteiger partial charge on any atom is -0.508 e. The summed E-state index contributed by atoms with van der Waals surface area (Å²) < 4.78 is 33.2. The predicted molar refractivity (Wildman–Crippen MR) is 163 cm³/mol. The molecule has 0 bridgehead atoms.